The van der Waals surface area contributed by atoms with Crippen LogP contribution in [0.3, 0.4) is 0 Å². The molecule has 0 saturated heterocycles. The molecular weight excluding hydrogens is 426 g/mol. The fourth-order valence-electron chi connectivity index (χ4n) is 3.04. The lowest BCUT2D eigenvalue weighted by Crippen LogP contribution is -2.29. The highest BCUT2D eigenvalue weighted by Gasteiger charge is 2.30. The Morgan fingerprint density at radius 3 is 2.60 bits per heavy atom. The molecule has 0 saturated carbocycles. The molecule has 1 aromatic carbocycles. The number of fused-ring (bicyclic) bond motifs is 1. The van der Waals surface area contributed by atoms with Gasteiger partial charge in [-0.1, -0.05) is 11.6 Å². The van der Waals surface area contributed by atoms with Crippen molar-refractivity contribution in [2.45, 2.75) is 19.6 Å². The first-order chi connectivity index (χ1) is 14.1. The lowest BCUT2D eigenvalue weighted by atomic mass is 10.0. The van der Waals surface area contributed by atoms with Crippen LogP contribution in [-0.2, 0) is 11.3 Å². The number of rotatable bonds is 6. The number of aromatic nitrogens is 2. The minimum atomic E-state index is -4.63. The van der Waals surface area contributed by atoms with Crippen molar-refractivity contribution in [1.29, 1.82) is 0 Å². The molecule has 0 unspecified atom stereocenters. The molecule has 0 amide bonds. The number of ether oxygens (including phenoxy) is 1. The van der Waals surface area contributed by atoms with Gasteiger partial charge in [0.05, 0.1) is 17.1 Å². The van der Waals surface area contributed by atoms with Crippen LogP contribution in [0.2, 0.25) is 5.02 Å². The summed E-state index contributed by atoms with van der Waals surface area (Å²) in [7, 11) is 1.51. The molecule has 0 aliphatic carbocycles. The van der Waals surface area contributed by atoms with E-state index in [0.29, 0.717) is 28.9 Å². The SMILES string of the molecule is COCCNc1cc2c(cn1)cc(-c1cc(C)c(F)cc1Cl)c(=O)n2CC(F)(F)F. The van der Waals surface area contributed by atoms with E-state index in [1.54, 1.807) is 0 Å². The summed E-state index contributed by atoms with van der Waals surface area (Å²) in [4.78, 5) is 17.2. The first kappa shape index (κ1) is 22.0. The molecule has 1 N–H and O–H groups in total. The van der Waals surface area contributed by atoms with E-state index in [2.05, 4.69) is 10.3 Å². The maximum Gasteiger partial charge on any atom is 0.406 e. The Hall–Kier alpha value is -2.65. The average Bonchev–Trinajstić information content (AvgIpc) is 2.66. The van der Waals surface area contributed by atoms with Crippen molar-refractivity contribution in [2.75, 3.05) is 25.6 Å². The third kappa shape index (κ3) is 4.73. The maximum absolute atomic E-state index is 13.8. The molecule has 0 aliphatic heterocycles. The fraction of sp³-hybridized carbons (Fsp3) is 0.300. The number of benzene rings is 1. The molecule has 0 radical (unpaired) electrons. The van der Waals surface area contributed by atoms with Gasteiger partial charge in [-0.2, -0.15) is 13.2 Å². The van der Waals surface area contributed by atoms with E-state index in [9.17, 15) is 22.4 Å². The summed E-state index contributed by atoms with van der Waals surface area (Å²) in [5.41, 5.74) is -0.526. The van der Waals surface area contributed by atoms with E-state index in [1.165, 1.54) is 38.4 Å². The average molecular weight is 444 g/mol. The molecule has 0 spiro atoms. The van der Waals surface area contributed by atoms with Crippen LogP contribution in [0.4, 0.5) is 23.4 Å². The molecule has 3 rings (SSSR count). The van der Waals surface area contributed by atoms with Crippen molar-refractivity contribution in [3.63, 3.8) is 0 Å². The van der Waals surface area contributed by atoms with Gasteiger partial charge in [0.25, 0.3) is 5.56 Å². The fourth-order valence-corrected chi connectivity index (χ4v) is 3.30. The van der Waals surface area contributed by atoms with Gasteiger partial charge in [-0.05, 0) is 30.7 Å². The number of alkyl halides is 3. The van der Waals surface area contributed by atoms with Crippen LogP contribution >= 0.6 is 11.6 Å². The van der Waals surface area contributed by atoms with Crippen LogP contribution in [0.1, 0.15) is 5.56 Å². The molecule has 10 heteroatoms. The van der Waals surface area contributed by atoms with Crippen molar-refractivity contribution in [2.24, 2.45) is 0 Å². The molecule has 160 valence electrons. The zero-order valence-corrected chi connectivity index (χ0v) is 16.9. The normalized spacial score (nSPS) is 11.8. The second-order valence-corrected chi connectivity index (χ2v) is 7.10. The van der Waals surface area contributed by atoms with Crippen LogP contribution < -0.4 is 10.9 Å². The summed E-state index contributed by atoms with van der Waals surface area (Å²) in [6, 6.07) is 5.16. The van der Waals surface area contributed by atoms with E-state index in [-0.39, 0.29) is 27.2 Å². The predicted molar refractivity (Wildman–Crippen MR) is 108 cm³/mol. The number of anilines is 1. The Labute approximate surface area is 174 Å². The van der Waals surface area contributed by atoms with E-state index in [0.717, 1.165) is 6.07 Å². The van der Waals surface area contributed by atoms with Crippen LogP contribution in [0.25, 0.3) is 22.0 Å². The van der Waals surface area contributed by atoms with Crippen molar-refractivity contribution >= 4 is 28.3 Å². The molecule has 0 aliphatic rings. The number of pyridine rings is 2. The molecule has 0 atom stereocenters. The van der Waals surface area contributed by atoms with E-state index in [4.69, 9.17) is 16.3 Å². The third-order valence-electron chi connectivity index (χ3n) is 4.47. The maximum atomic E-state index is 13.8. The van der Waals surface area contributed by atoms with E-state index >= 15 is 0 Å². The Morgan fingerprint density at radius 1 is 1.20 bits per heavy atom. The highest BCUT2D eigenvalue weighted by molar-refractivity contribution is 6.33. The van der Waals surface area contributed by atoms with E-state index in [1.807, 2.05) is 0 Å². The molecule has 2 heterocycles. The van der Waals surface area contributed by atoms with Crippen LogP contribution in [0, 0.1) is 12.7 Å². The summed E-state index contributed by atoms with van der Waals surface area (Å²) in [5, 5.41) is 3.16. The number of hydrogen-bond donors (Lipinski definition) is 1. The van der Waals surface area contributed by atoms with Gasteiger partial charge < -0.3 is 10.1 Å². The Morgan fingerprint density at radius 2 is 1.93 bits per heavy atom. The Balaban J connectivity index is 2.24. The zero-order chi connectivity index (χ0) is 22.1. The summed E-state index contributed by atoms with van der Waals surface area (Å²) in [5.74, 6) is -0.271. The summed E-state index contributed by atoms with van der Waals surface area (Å²) in [6.45, 7) is 0.747. The highest BCUT2D eigenvalue weighted by atomic mass is 35.5. The largest absolute Gasteiger partial charge is 0.406 e. The van der Waals surface area contributed by atoms with Crippen LogP contribution in [-0.4, -0.2) is 36.0 Å². The van der Waals surface area contributed by atoms with Gasteiger partial charge in [0, 0.05) is 42.4 Å². The van der Waals surface area contributed by atoms with Gasteiger partial charge in [-0.3, -0.25) is 9.36 Å². The number of halogens is 5. The summed E-state index contributed by atoms with van der Waals surface area (Å²) in [6.07, 6.45) is -3.27. The predicted octanol–water partition coefficient (Wildman–Crippen LogP) is 4.79. The molecule has 30 heavy (non-hydrogen) atoms. The van der Waals surface area contributed by atoms with Crippen molar-refractivity contribution in [1.82, 2.24) is 9.55 Å². The van der Waals surface area contributed by atoms with Crippen molar-refractivity contribution < 1.29 is 22.3 Å². The lowest BCUT2D eigenvalue weighted by molar-refractivity contribution is -0.140. The quantitative estimate of drug-likeness (QED) is 0.440. The van der Waals surface area contributed by atoms with Gasteiger partial charge in [-0.15, -0.1) is 0 Å². The second-order valence-electron chi connectivity index (χ2n) is 6.69. The topological polar surface area (TPSA) is 56.1 Å². The van der Waals surface area contributed by atoms with Gasteiger partial charge in [0.15, 0.2) is 0 Å². The van der Waals surface area contributed by atoms with Crippen molar-refractivity contribution in [3.05, 3.63) is 57.2 Å². The number of aryl methyl sites for hydroxylation is 1. The smallest absolute Gasteiger partial charge is 0.383 e. The lowest BCUT2D eigenvalue weighted by Gasteiger charge is -2.16. The van der Waals surface area contributed by atoms with Gasteiger partial charge >= 0.3 is 6.18 Å². The first-order valence-electron chi connectivity index (χ1n) is 8.90. The second kappa shape index (κ2) is 8.61. The third-order valence-corrected chi connectivity index (χ3v) is 4.78. The minimum Gasteiger partial charge on any atom is -0.383 e. The molecule has 3 aromatic rings. The van der Waals surface area contributed by atoms with Gasteiger partial charge in [0.1, 0.15) is 18.2 Å². The molecule has 2 aromatic heterocycles. The van der Waals surface area contributed by atoms with E-state index < -0.39 is 24.1 Å². The van der Waals surface area contributed by atoms with Gasteiger partial charge in [0.2, 0.25) is 0 Å². The number of nitrogens with zero attached hydrogens (tertiary/aromatic N) is 2. The molecular formula is C20H18ClF4N3O2. The zero-order valence-electron chi connectivity index (χ0n) is 16.1. The molecule has 0 fully saturated rings. The summed E-state index contributed by atoms with van der Waals surface area (Å²) >= 11 is 6.09. The standard InChI is InChI=1S/C20H18ClF4N3O2/c1-11-5-13(15(21)7-16(11)22)14-6-12-9-27-18(26-3-4-30-2)8-17(12)28(19(14)29)10-20(23,24)25/h5-9H,3-4,10H2,1-2H3,(H,26,27). The number of nitrogens with one attached hydrogen (secondary N) is 1. The number of methoxy groups -OCH3 is 1. The van der Waals surface area contributed by atoms with Crippen LogP contribution in [0.5, 0.6) is 0 Å². The molecule has 5 nitrogen and oxygen atoms in total. The monoisotopic (exact) mass is 443 g/mol. The Bertz CT molecular complexity index is 1150. The minimum absolute atomic E-state index is 0.0611. The van der Waals surface area contributed by atoms with Gasteiger partial charge in [-0.25, -0.2) is 9.37 Å². The Kier molecular flexibility index (Phi) is 6.33. The number of hydrogen-bond acceptors (Lipinski definition) is 4. The molecule has 0 bridgehead atoms. The van der Waals surface area contributed by atoms with Crippen molar-refractivity contribution in [3.8, 4) is 11.1 Å². The highest BCUT2D eigenvalue weighted by Crippen LogP contribution is 2.31. The first-order valence-corrected chi connectivity index (χ1v) is 9.27. The summed E-state index contributed by atoms with van der Waals surface area (Å²) < 4.78 is 59.0. The van der Waals surface area contributed by atoms with Crippen LogP contribution in [0.15, 0.2) is 35.3 Å².